The number of piperidine rings is 1. The number of nitrogens with one attached hydrogen (secondary N) is 1. The minimum Gasteiger partial charge on any atom is -0.372 e. The average Bonchev–Trinajstić information content (AvgIpc) is 2.96. The molecule has 0 radical (unpaired) electrons. The van der Waals surface area contributed by atoms with E-state index < -0.39 is 0 Å². The van der Waals surface area contributed by atoms with Crippen molar-refractivity contribution < 1.29 is 14.0 Å². The molecule has 1 atom stereocenters. The van der Waals surface area contributed by atoms with Crippen molar-refractivity contribution in [2.24, 2.45) is 0 Å². The molecular weight excluding hydrogens is 232 g/mol. The van der Waals surface area contributed by atoms with E-state index >= 15 is 0 Å². The zero-order valence-electron chi connectivity index (χ0n) is 10.8. The lowest BCUT2D eigenvalue weighted by molar-refractivity contribution is -0.0248. The Bertz CT molecular complexity index is 399. The molecule has 5 nitrogen and oxygen atoms in total. The van der Waals surface area contributed by atoms with Crippen LogP contribution in [0.2, 0.25) is 0 Å². The van der Waals surface area contributed by atoms with Crippen LogP contribution in [-0.4, -0.2) is 36.6 Å². The number of aryl methyl sites for hydroxylation is 1. The Labute approximate surface area is 107 Å². The molecule has 0 aromatic carbocycles. The second kappa shape index (κ2) is 4.99. The molecule has 5 heteroatoms. The third-order valence-electron chi connectivity index (χ3n) is 3.83. The van der Waals surface area contributed by atoms with Crippen molar-refractivity contribution in [1.29, 1.82) is 0 Å². The van der Waals surface area contributed by atoms with Crippen LogP contribution in [0.1, 0.15) is 30.7 Å². The summed E-state index contributed by atoms with van der Waals surface area (Å²) in [7, 11) is 0. The van der Waals surface area contributed by atoms with E-state index in [9.17, 15) is 0 Å². The summed E-state index contributed by atoms with van der Waals surface area (Å²) >= 11 is 0. The first kappa shape index (κ1) is 12.1. The van der Waals surface area contributed by atoms with E-state index in [0.29, 0.717) is 13.2 Å². The molecule has 1 N–H and O–H groups in total. The van der Waals surface area contributed by atoms with Crippen molar-refractivity contribution in [2.45, 2.75) is 44.5 Å². The topological polar surface area (TPSA) is 56.5 Å². The second-order valence-electron chi connectivity index (χ2n) is 5.32. The predicted octanol–water partition coefficient (Wildman–Crippen LogP) is 1.41. The van der Waals surface area contributed by atoms with Gasteiger partial charge in [0.15, 0.2) is 5.76 Å². The maximum absolute atomic E-state index is 5.98. The first-order chi connectivity index (χ1) is 8.76. The lowest BCUT2D eigenvalue weighted by atomic mass is 9.89. The summed E-state index contributed by atoms with van der Waals surface area (Å²) in [5, 5.41) is 7.22. The smallest absolute Gasteiger partial charge is 0.162 e. The van der Waals surface area contributed by atoms with Gasteiger partial charge in [0, 0.05) is 12.5 Å². The van der Waals surface area contributed by atoms with Crippen LogP contribution in [0.3, 0.4) is 0 Å². The number of ether oxygens (including phenoxy) is 2. The maximum Gasteiger partial charge on any atom is 0.162 e. The molecule has 2 fully saturated rings. The van der Waals surface area contributed by atoms with E-state index in [2.05, 4.69) is 10.5 Å². The molecular formula is C13H20N2O3. The van der Waals surface area contributed by atoms with Gasteiger partial charge in [-0.3, -0.25) is 0 Å². The predicted molar refractivity (Wildman–Crippen MR) is 65.2 cm³/mol. The molecule has 1 spiro atoms. The number of nitrogens with zero attached hydrogens (tertiary/aromatic N) is 1. The summed E-state index contributed by atoms with van der Waals surface area (Å²) in [6, 6.07) is 1.91. The van der Waals surface area contributed by atoms with Gasteiger partial charge >= 0.3 is 0 Å². The van der Waals surface area contributed by atoms with E-state index in [1.54, 1.807) is 0 Å². The largest absolute Gasteiger partial charge is 0.372 e. The van der Waals surface area contributed by atoms with Crippen molar-refractivity contribution in [3.05, 3.63) is 17.5 Å². The Hall–Kier alpha value is -0.910. The second-order valence-corrected chi connectivity index (χ2v) is 5.32. The Kier molecular flexibility index (Phi) is 3.37. The molecule has 0 aliphatic carbocycles. The van der Waals surface area contributed by atoms with Gasteiger partial charge in [0.2, 0.25) is 0 Å². The lowest BCUT2D eigenvalue weighted by Crippen LogP contribution is -2.41. The van der Waals surface area contributed by atoms with Crippen LogP contribution in [-0.2, 0) is 16.1 Å². The van der Waals surface area contributed by atoms with Crippen molar-refractivity contribution in [1.82, 2.24) is 10.5 Å². The summed E-state index contributed by atoms with van der Waals surface area (Å²) < 4.78 is 17.0. The number of aromatic nitrogens is 1. The normalized spacial score (nSPS) is 26.8. The first-order valence-electron chi connectivity index (χ1n) is 6.64. The van der Waals surface area contributed by atoms with Crippen LogP contribution >= 0.6 is 0 Å². The molecule has 1 aromatic heterocycles. The standard InChI is InChI=1S/C13H20N2O3/c1-10-6-11(18-15-10)8-16-12-7-13(17-9-12)2-4-14-5-3-13/h6,12,14H,2-5,7-9H2,1H3. The molecule has 1 unspecified atom stereocenters. The number of hydrogen-bond donors (Lipinski definition) is 1. The molecule has 2 aliphatic rings. The third kappa shape index (κ3) is 2.58. The van der Waals surface area contributed by atoms with E-state index in [4.69, 9.17) is 14.0 Å². The van der Waals surface area contributed by atoms with Crippen molar-refractivity contribution >= 4 is 0 Å². The Balaban J connectivity index is 1.50. The fourth-order valence-corrected chi connectivity index (χ4v) is 2.82. The third-order valence-corrected chi connectivity index (χ3v) is 3.83. The summed E-state index contributed by atoms with van der Waals surface area (Å²) in [6.07, 6.45) is 3.37. The van der Waals surface area contributed by atoms with Crippen molar-refractivity contribution in [3.63, 3.8) is 0 Å². The quantitative estimate of drug-likeness (QED) is 0.881. The van der Waals surface area contributed by atoms with Gasteiger partial charge in [-0.2, -0.15) is 0 Å². The van der Waals surface area contributed by atoms with Crippen LogP contribution < -0.4 is 5.32 Å². The Morgan fingerprint density at radius 2 is 2.33 bits per heavy atom. The molecule has 3 rings (SSSR count). The van der Waals surface area contributed by atoms with Gasteiger partial charge in [-0.05, 0) is 32.9 Å². The highest BCUT2D eigenvalue weighted by Gasteiger charge is 2.41. The van der Waals surface area contributed by atoms with Crippen LogP contribution in [0, 0.1) is 6.92 Å². The Morgan fingerprint density at radius 1 is 1.50 bits per heavy atom. The lowest BCUT2D eigenvalue weighted by Gasteiger charge is -2.32. The summed E-state index contributed by atoms with van der Waals surface area (Å²) in [6.45, 7) is 5.20. The molecule has 0 bridgehead atoms. The monoisotopic (exact) mass is 252 g/mol. The molecule has 100 valence electrons. The summed E-state index contributed by atoms with van der Waals surface area (Å²) in [5.74, 6) is 0.791. The van der Waals surface area contributed by atoms with Crippen LogP contribution in [0.25, 0.3) is 0 Å². The highest BCUT2D eigenvalue weighted by atomic mass is 16.6. The van der Waals surface area contributed by atoms with Gasteiger partial charge in [0.1, 0.15) is 6.61 Å². The zero-order valence-corrected chi connectivity index (χ0v) is 10.8. The first-order valence-corrected chi connectivity index (χ1v) is 6.64. The van der Waals surface area contributed by atoms with Crippen molar-refractivity contribution in [2.75, 3.05) is 19.7 Å². The van der Waals surface area contributed by atoms with E-state index in [0.717, 1.165) is 43.8 Å². The average molecular weight is 252 g/mol. The van der Waals surface area contributed by atoms with Gasteiger partial charge in [0.25, 0.3) is 0 Å². The highest BCUT2D eigenvalue weighted by molar-refractivity contribution is 5.02. The zero-order chi connectivity index (χ0) is 12.4. The Morgan fingerprint density at radius 3 is 3.06 bits per heavy atom. The molecule has 1 aromatic rings. The van der Waals surface area contributed by atoms with Crippen LogP contribution in [0.4, 0.5) is 0 Å². The molecule has 0 saturated carbocycles. The number of hydrogen-bond acceptors (Lipinski definition) is 5. The van der Waals surface area contributed by atoms with Gasteiger partial charge in [0.05, 0.1) is 24.0 Å². The van der Waals surface area contributed by atoms with Crippen molar-refractivity contribution in [3.8, 4) is 0 Å². The molecule has 2 saturated heterocycles. The molecule has 18 heavy (non-hydrogen) atoms. The van der Waals surface area contributed by atoms with E-state index in [1.165, 1.54) is 0 Å². The molecule has 2 aliphatic heterocycles. The molecule has 0 amide bonds. The van der Waals surface area contributed by atoms with Gasteiger partial charge in [-0.1, -0.05) is 5.16 Å². The van der Waals surface area contributed by atoms with Crippen LogP contribution in [0.5, 0.6) is 0 Å². The van der Waals surface area contributed by atoms with Crippen LogP contribution in [0.15, 0.2) is 10.6 Å². The SMILES string of the molecule is Cc1cc(COC2COC3(CCNCC3)C2)on1. The molecule has 3 heterocycles. The van der Waals surface area contributed by atoms with Gasteiger partial charge in [-0.15, -0.1) is 0 Å². The highest BCUT2D eigenvalue weighted by Crippen LogP contribution is 2.35. The van der Waals surface area contributed by atoms with E-state index in [1.807, 2.05) is 13.0 Å². The fraction of sp³-hybridized carbons (Fsp3) is 0.769. The van der Waals surface area contributed by atoms with Gasteiger partial charge in [-0.25, -0.2) is 0 Å². The van der Waals surface area contributed by atoms with E-state index in [-0.39, 0.29) is 11.7 Å². The maximum atomic E-state index is 5.98. The minimum atomic E-state index is 0.0627. The van der Waals surface area contributed by atoms with Gasteiger partial charge < -0.3 is 19.3 Å². The summed E-state index contributed by atoms with van der Waals surface area (Å²) in [5.41, 5.74) is 0.957. The number of rotatable bonds is 3. The minimum absolute atomic E-state index is 0.0627. The fourth-order valence-electron chi connectivity index (χ4n) is 2.82. The summed E-state index contributed by atoms with van der Waals surface area (Å²) in [4.78, 5) is 0.